The summed E-state index contributed by atoms with van der Waals surface area (Å²) in [5.41, 5.74) is 1.45. The summed E-state index contributed by atoms with van der Waals surface area (Å²) in [6.07, 6.45) is 4.10. The van der Waals surface area contributed by atoms with Crippen LogP contribution in [-0.2, 0) is 16.1 Å². The molecule has 0 unspecified atom stereocenters. The number of nitrogens with one attached hydrogen (secondary N) is 3. The summed E-state index contributed by atoms with van der Waals surface area (Å²) >= 11 is 0. The molecule has 1 saturated carbocycles. The van der Waals surface area contributed by atoms with Gasteiger partial charge in [0.25, 0.3) is 5.56 Å². The van der Waals surface area contributed by atoms with Gasteiger partial charge in [-0.15, -0.1) is 0 Å². The van der Waals surface area contributed by atoms with Crippen LogP contribution in [0.4, 0.5) is 0 Å². The molecule has 0 aromatic carbocycles. The topological polar surface area (TPSA) is 104 Å². The Labute approximate surface area is 103 Å². The number of H-pyrrole nitrogens is 2. The molecule has 1 aliphatic rings. The minimum absolute atomic E-state index is 0.0761. The Hall–Kier alpha value is -1.89. The van der Waals surface area contributed by atoms with Crippen molar-refractivity contribution in [2.24, 2.45) is 0 Å². The molecule has 0 atom stereocenters. The van der Waals surface area contributed by atoms with Crippen LogP contribution in [-0.4, -0.2) is 22.0 Å². The number of aromatic amines is 2. The van der Waals surface area contributed by atoms with Crippen LogP contribution in [0, 0.1) is 0 Å². The summed E-state index contributed by atoms with van der Waals surface area (Å²) in [7, 11) is 0. The number of aromatic nitrogens is 2. The molecule has 1 heterocycles. The maximum Gasteiger partial charge on any atom is 0.325 e. The van der Waals surface area contributed by atoms with Crippen LogP contribution in [0.3, 0.4) is 0 Å². The van der Waals surface area contributed by atoms with Crippen molar-refractivity contribution in [2.45, 2.75) is 38.2 Å². The van der Waals surface area contributed by atoms with E-state index in [-0.39, 0.29) is 24.1 Å². The Morgan fingerprint density at radius 3 is 2.72 bits per heavy atom. The van der Waals surface area contributed by atoms with Crippen molar-refractivity contribution in [1.82, 2.24) is 15.4 Å². The van der Waals surface area contributed by atoms with Crippen molar-refractivity contribution < 1.29 is 9.63 Å². The molecule has 3 N–H and O–H groups in total. The average molecular weight is 253 g/mol. The summed E-state index contributed by atoms with van der Waals surface area (Å²) in [6, 6.07) is 1.18. The first-order valence-electron chi connectivity index (χ1n) is 5.90. The van der Waals surface area contributed by atoms with Gasteiger partial charge in [-0.05, 0) is 12.8 Å². The van der Waals surface area contributed by atoms with Gasteiger partial charge in [0.1, 0.15) is 0 Å². The lowest BCUT2D eigenvalue weighted by Gasteiger charge is -2.10. The van der Waals surface area contributed by atoms with E-state index in [0.29, 0.717) is 0 Å². The van der Waals surface area contributed by atoms with E-state index in [1.807, 2.05) is 4.98 Å². The molecule has 0 spiro atoms. The second kappa shape index (κ2) is 5.63. The van der Waals surface area contributed by atoms with Crippen LogP contribution in [0.5, 0.6) is 0 Å². The van der Waals surface area contributed by atoms with E-state index in [4.69, 9.17) is 4.84 Å². The highest BCUT2D eigenvalue weighted by molar-refractivity contribution is 5.76. The molecule has 0 bridgehead atoms. The van der Waals surface area contributed by atoms with Gasteiger partial charge in [0.2, 0.25) is 5.91 Å². The molecule has 98 valence electrons. The molecule has 7 heteroatoms. The number of amides is 1. The van der Waals surface area contributed by atoms with E-state index in [1.165, 1.54) is 6.07 Å². The van der Waals surface area contributed by atoms with Crippen LogP contribution in [0.2, 0.25) is 0 Å². The molecule has 1 fully saturated rings. The molecule has 18 heavy (non-hydrogen) atoms. The SMILES string of the molecule is O=C(Cc1cc(=O)[nH]c(=O)[nH]1)NOC1CCCC1. The maximum absolute atomic E-state index is 11.5. The third-order valence-electron chi connectivity index (χ3n) is 2.81. The van der Waals surface area contributed by atoms with Crippen LogP contribution < -0.4 is 16.7 Å². The van der Waals surface area contributed by atoms with Gasteiger partial charge in [-0.1, -0.05) is 12.8 Å². The summed E-state index contributed by atoms with van der Waals surface area (Å²) < 4.78 is 0. The molecule has 7 nitrogen and oxygen atoms in total. The highest BCUT2D eigenvalue weighted by atomic mass is 16.7. The quantitative estimate of drug-likeness (QED) is 0.635. The zero-order valence-corrected chi connectivity index (χ0v) is 9.82. The number of rotatable bonds is 4. The molecule has 0 saturated heterocycles. The van der Waals surface area contributed by atoms with E-state index in [2.05, 4.69) is 10.5 Å². The summed E-state index contributed by atoms with van der Waals surface area (Å²) in [5, 5.41) is 0. The molecule has 1 amide bonds. The van der Waals surface area contributed by atoms with Crippen molar-refractivity contribution >= 4 is 5.91 Å². The Morgan fingerprint density at radius 2 is 2.06 bits per heavy atom. The van der Waals surface area contributed by atoms with Gasteiger partial charge in [0, 0.05) is 11.8 Å². The van der Waals surface area contributed by atoms with Gasteiger partial charge in [-0.25, -0.2) is 10.3 Å². The van der Waals surface area contributed by atoms with Gasteiger partial charge in [0.15, 0.2) is 0 Å². The van der Waals surface area contributed by atoms with Crippen molar-refractivity contribution in [2.75, 3.05) is 0 Å². The first-order valence-corrected chi connectivity index (χ1v) is 5.90. The standard InChI is InChI=1S/C11H15N3O4/c15-9-5-7(12-11(17)13-9)6-10(16)14-18-8-3-1-2-4-8/h5,8H,1-4,6H2,(H,14,16)(H2,12,13,15,17). The zero-order chi connectivity index (χ0) is 13.0. The highest BCUT2D eigenvalue weighted by Crippen LogP contribution is 2.19. The number of hydrogen-bond acceptors (Lipinski definition) is 4. The molecule has 0 aliphatic heterocycles. The summed E-state index contributed by atoms with van der Waals surface area (Å²) in [5.74, 6) is -0.386. The number of carbonyl (C=O) groups excluding carboxylic acids is 1. The van der Waals surface area contributed by atoms with Gasteiger partial charge in [-0.2, -0.15) is 0 Å². The minimum Gasteiger partial charge on any atom is -0.311 e. The fraction of sp³-hybridized carbons (Fsp3) is 0.545. The van der Waals surface area contributed by atoms with E-state index in [9.17, 15) is 14.4 Å². The van der Waals surface area contributed by atoms with Crippen molar-refractivity contribution in [1.29, 1.82) is 0 Å². The Balaban J connectivity index is 1.86. The largest absolute Gasteiger partial charge is 0.325 e. The number of hydroxylamine groups is 1. The first kappa shape index (κ1) is 12.6. The van der Waals surface area contributed by atoms with Crippen molar-refractivity contribution in [3.63, 3.8) is 0 Å². The fourth-order valence-electron chi connectivity index (χ4n) is 1.98. The third kappa shape index (κ3) is 3.56. The second-order valence-electron chi connectivity index (χ2n) is 4.34. The predicted molar refractivity (Wildman–Crippen MR) is 62.9 cm³/mol. The van der Waals surface area contributed by atoms with E-state index in [0.717, 1.165) is 25.7 Å². The van der Waals surface area contributed by atoms with E-state index in [1.54, 1.807) is 0 Å². The third-order valence-corrected chi connectivity index (χ3v) is 2.81. The number of carbonyl (C=O) groups is 1. The molecule has 2 rings (SSSR count). The first-order chi connectivity index (χ1) is 8.63. The predicted octanol–water partition coefficient (Wildman–Crippen LogP) is -0.404. The summed E-state index contributed by atoms with van der Waals surface area (Å²) in [6.45, 7) is 0. The monoisotopic (exact) mass is 253 g/mol. The lowest BCUT2D eigenvalue weighted by molar-refractivity contribution is -0.137. The van der Waals surface area contributed by atoms with Crippen LogP contribution in [0.1, 0.15) is 31.4 Å². The Kier molecular flexibility index (Phi) is 3.93. The lowest BCUT2D eigenvalue weighted by Crippen LogP contribution is -2.31. The number of hydrogen-bond donors (Lipinski definition) is 3. The smallest absolute Gasteiger partial charge is 0.311 e. The van der Waals surface area contributed by atoms with Crippen LogP contribution in [0.15, 0.2) is 15.7 Å². The Morgan fingerprint density at radius 1 is 1.33 bits per heavy atom. The summed E-state index contributed by atoms with van der Waals surface area (Å²) in [4.78, 5) is 43.2. The minimum atomic E-state index is -0.623. The molecule has 1 aromatic heterocycles. The van der Waals surface area contributed by atoms with Gasteiger partial charge < -0.3 is 4.98 Å². The van der Waals surface area contributed by atoms with Crippen LogP contribution in [0.25, 0.3) is 0 Å². The maximum atomic E-state index is 11.5. The molecular formula is C11H15N3O4. The molecule has 0 radical (unpaired) electrons. The fourth-order valence-corrected chi connectivity index (χ4v) is 1.98. The van der Waals surface area contributed by atoms with Crippen molar-refractivity contribution in [3.8, 4) is 0 Å². The zero-order valence-electron chi connectivity index (χ0n) is 9.82. The molecule has 1 aliphatic carbocycles. The van der Waals surface area contributed by atoms with Crippen molar-refractivity contribution in [3.05, 3.63) is 32.6 Å². The normalized spacial score (nSPS) is 15.8. The van der Waals surface area contributed by atoms with Gasteiger partial charge >= 0.3 is 5.69 Å². The second-order valence-corrected chi connectivity index (χ2v) is 4.34. The van der Waals surface area contributed by atoms with Gasteiger partial charge in [0.05, 0.1) is 12.5 Å². The average Bonchev–Trinajstić information content (AvgIpc) is 2.77. The molecular weight excluding hydrogens is 238 g/mol. The Bertz CT molecular complexity index is 499. The molecule has 1 aromatic rings. The van der Waals surface area contributed by atoms with Crippen LogP contribution >= 0.6 is 0 Å². The van der Waals surface area contributed by atoms with E-state index < -0.39 is 11.2 Å². The van der Waals surface area contributed by atoms with E-state index >= 15 is 0 Å². The van der Waals surface area contributed by atoms with Gasteiger partial charge in [-0.3, -0.25) is 19.4 Å². The lowest BCUT2D eigenvalue weighted by atomic mass is 10.3. The highest BCUT2D eigenvalue weighted by Gasteiger charge is 2.17.